The summed E-state index contributed by atoms with van der Waals surface area (Å²) in [4.78, 5) is 11.0. The van der Waals surface area contributed by atoms with Gasteiger partial charge in [-0.1, -0.05) is 34.1 Å². The Morgan fingerprint density at radius 3 is 2.38 bits per heavy atom. The summed E-state index contributed by atoms with van der Waals surface area (Å²) in [7, 11) is -3.74. The zero-order valence-electron chi connectivity index (χ0n) is 10.8. The van der Waals surface area contributed by atoms with Gasteiger partial charge < -0.3 is 5.11 Å². The number of rotatable bonds is 5. The van der Waals surface area contributed by atoms with Gasteiger partial charge in [0.2, 0.25) is 0 Å². The highest BCUT2D eigenvalue weighted by Gasteiger charge is 2.14. The van der Waals surface area contributed by atoms with Gasteiger partial charge in [-0.25, -0.2) is 13.2 Å². The number of nitrogens with one attached hydrogen (secondary N) is 1. The Labute approximate surface area is 130 Å². The van der Waals surface area contributed by atoms with Crippen molar-refractivity contribution in [1.29, 1.82) is 0 Å². The Morgan fingerprint density at radius 2 is 1.81 bits per heavy atom. The van der Waals surface area contributed by atoms with Crippen molar-refractivity contribution in [2.75, 3.05) is 4.72 Å². The first-order chi connectivity index (χ1) is 9.92. The van der Waals surface area contributed by atoms with Crippen LogP contribution in [-0.4, -0.2) is 19.5 Å². The highest BCUT2D eigenvalue weighted by atomic mass is 79.9. The highest BCUT2D eigenvalue weighted by Crippen LogP contribution is 2.18. The molecule has 0 aliphatic carbocycles. The topological polar surface area (TPSA) is 83.5 Å². The molecule has 0 fully saturated rings. The second-order valence-electron chi connectivity index (χ2n) is 4.27. The Kier molecular flexibility index (Phi) is 4.64. The van der Waals surface area contributed by atoms with Crippen LogP contribution in [0.4, 0.5) is 5.69 Å². The molecule has 110 valence electrons. The minimum Gasteiger partial charge on any atom is -0.478 e. The summed E-state index contributed by atoms with van der Waals surface area (Å²) >= 11 is 3.29. The highest BCUT2D eigenvalue weighted by molar-refractivity contribution is 9.08. The summed E-state index contributed by atoms with van der Waals surface area (Å²) in [5, 5.41) is 9.54. The number of sulfonamides is 1. The molecule has 0 spiro atoms. The van der Waals surface area contributed by atoms with Gasteiger partial charge in [-0.15, -0.1) is 0 Å². The van der Waals surface area contributed by atoms with E-state index < -0.39 is 16.0 Å². The fourth-order valence-corrected chi connectivity index (χ4v) is 3.11. The molecule has 2 N–H and O–H groups in total. The first-order valence-corrected chi connectivity index (χ1v) is 8.54. The molecule has 2 rings (SSSR count). The predicted octanol–water partition coefficient (Wildman–Crippen LogP) is 3.08. The Balaban J connectivity index is 2.28. The molecule has 0 aliphatic heterocycles. The third-order valence-electron chi connectivity index (χ3n) is 2.75. The number of halogens is 1. The molecule has 21 heavy (non-hydrogen) atoms. The lowest BCUT2D eigenvalue weighted by molar-refractivity contribution is 0.0697. The van der Waals surface area contributed by atoms with Crippen LogP contribution in [0.5, 0.6) is 0 Å². The molecule has 7 heteroatoms. The van der Waals surface area contributed by atoms with E-state index in [-0.39, 0.29) is 16.1 Å². The summed E-state index contributed by atoms with van der Waals surface area (Å²) in [6.07, 6.45) is 0. The Morgan fingerprint density at radius 1 is 1.14 bits per heavy atom. The molecular formula is C14H12BrNO4S. The van der Waals surface area contributed by atoms with Crippen molar-refractivity contribution in [3.8, 4) is 0 Å². The number of anilines is 1. The first kappa shape index (κ1) is 15.5. The van der Waals surface area contributed by atoms with E-state index in [2.05, 4.69) is 20.7 Å². The van der Waals surface area contributed by atoms with E-state index in [0.717, 1.165) is 5.56 Å². The van der Waals surface area contributed by atoms with Crippen LogP contribution < -0.4 is 4.72 Å². The van der Waals surface area contributed by atoms with E-state index in [1.807, 2.05) is 0 Å². The van der Waals surface area contributed by atoms with Crippen molar-refractivity contribution in [2.45, 2.75) is 10.2 Å². The SMILES string of the molecule is O=C(O)c1cccc(NS(=O)(=O)c2ccc(CBr)cc2)c1. The number of hydrogen-bond acceptors (Lipinski definition) is 3. The molecule has 0 unspecified atom stereocenters. The fourth-order valence-electron chi connectivity index (χ4n) is 1.69. The largest absolute Gasteiger partial charge is 0.478 e. The minimum absolute atomic E-state index is 0.0184. The normalized spacial score (nSPS) is 11.1. The number of carboxylic acids is 1. The maximum Gasteiger partial charge on any atom is 0.335 e. The van der Waals surface area contributed by atoms with Crippen LogP contribution in [0.2, 0.25) is 0 Å². The molecule has 0 saturated carbocycles. The smallest absolute Gasteiger partial charge is 0.335 e. The molecule has 0 aliphatic rings. The number of carboxylic acid groups (broad SMARTS) is 1. The van der Waals surface area contributed by atoms with E-state index in [1.165, 1.54) is 36.4 Å². The van der Waals surface area contributed by atoms with Gasteiger partial charge in [0.15, 0.2) is 0 Å². The average Bonchev–Trinajstić information content (AvgIpc) is 2.47. The van der Waals surface area contributed by atoms with Gasteiger partial charge in [0.05, 0.1) is 10.5 Å². The van der Waals surface area contributed by atoms with Gasteiger partial charge in [0, 0.05) is 11.0 Å². The third kappa shape index (κ3) is 3.83. The molecular weight excluding hydrogens is 358 g/mol. The van der Waals surface area contributed by atoms with Crippen molar-refractivity contribution in [1.82, 2.24) is 0 Å². The average molecular weight is 370 g/mol. The lowest BCUT2D eigenvalue weighted by atomic mass is 10.2. The van der Waals surface area contributed by atoms with Crippen molar-refractivity contribution in [3.63, 3.8) is 0 Å². The molecule has 0 saturated heterocycles. The van der Waals surface area contributed by atoms with Crippen molar-refractivity contribution in [3.05, 3.63) is 59.7 Å². The summed E-state index contributed by atoms with van der Waals surface area (Å²) < 4.78 is 26.8. The molecule has 0 atom stereocenters. The van der Waals surface area contributed by atoms with Crippen LogP contribution in [0.15, 0.2) is 53.4 Å². The van der Waals surface area contributed by atoms with Gasteiger partial charge in [0.1, 0.15) is 0 Å². The van der Waals surface area contributed by atoms with Crippen LogP contribution in [0.1, 0.15) is 15.9 Å². The summed E-state index contributed by atoms with van der Waals surface area (Å²) in [6.45, 7) is 0. The van der Waals surface area contributed by atoms with E-state index in [9.17, 15) is 13.2 Å². The zero-order valence-corrected chi connectivity index (χ0v) is 13.2. The van der Waals surface area contributed by atoms with Crippen LogP contribution in [0.3, 0.4) is 0 Å². The molecule has 2 aromatic rings. The lowest BCUT2D eigenvalue weighted by Gasteiger charge is -2.09. The number of aromatic carboxylic acids is 1. The Hall–Kier alpha value is -1.86. The van der Waals surface area contributed by atoms with Gasteiger partial charge >= 0.3 is 5.97 Å². The minimum atomic E-state index is -3.74. The summed E-state index contributed by atoms with van der Waals surface area (Å²) in [5.74, 6) is -1.11. The molecule has 0 radical (unpaired) electrons. The molecule has 0 bridgehead atoms. The quantitative estimate of drug-likeness (QED) is 0.793. The van der Waals surface area contributed by atoms with Crippen molar-refractivity contribution < 1.29 is 18.3 Å². The van der Waals surface area contributed by atoms with Crippen LogP contribution in [0.25, 0.3) is 0 Å². The van der Waals surface area contributed by atoms with Crippen molar-refractivity contribution >= 4 is 37.6 Å². The van der Waals surface area contributed by atoms with Crippen LogP contribution in [0, 0.1) is 0 Å². The second-order valence-corrected chi connectivity index (χ2v) is 6.51. The number of alkyl halides is 1. The van der Waals surface area contributed by atoms with E-state index >= 15 is 0 Å². The molecule has 0 amide bonds. The van der Waals surface area contributed by atoms with Crippen LogP contribution >= 0.6 is 15.9 Å². The molecule has 0 heterocycles. The maximum atomic E-state index is 12.2. The van der Waals surface area contributed by atoms with Gasteiger partial charge in [0.25, 0.3) is 10.0 Å². The van der Waals surface area contributed by atoms with E-state index in [0.29, 0.717) is 5.33 Å². The molecule has 2 aromatic carbocycles. The summed E-state index contributed by atoms with van der Waals surface area (Å²) in [6, 6.07) is 12.1. The van der Waals surface area contributed by atoms with Crippen molar-refractivity contribution in [2.24, 2.45) is 0 Å². The third-order valence-corrected chi connectivity index (χ3v) is 4.79. The monoisotopic (exact) mass is 369 g/mol. The second kappa shape index (κ2) is 6.28. The zero-order chi connectivity index (χ0) is 15.5. The Bertz CT molecular complexity index is 757. The first-order valence-electron chi connectivity index (χ1n) is 5.93. The lowest BCUT2D eigenvalue weighted by Crippen LogP contribution is -2.13. The van der Waals surface area contributed by atoms with Gasteiger partial charge in [-0.2, -0.15) is 0 Å². The summed E-state index contributed by atoms with van der Waals surface area (Å²) in [5.41, 5.74) is 1.19. The van der Waals surface area contributed by atoms with E-state index in [1.54, 1.807) is 12.1 Å². The maximum absolute atomic E-state index is 12.2. The fraction of sp³-hybridized carbons (Fsp3) is 0.0714. The molecule has 5 nitrogen and oxygen atoms in total. The predicted molar refractivity (Wildman–Crippen MR) is 83.3 cm³/mol. The number of benzene rings is 2. The standard InChI is InChI=1S/C14H12BrNO4S/c15-9-10-4-6-13(7-5-10)21(19,20)16-12-3-1-2-11(8-12)14(17)18/h1-8,16H,9H2,(H,17,18). The van der Waals surface area contributed by atoms with Crippen LogP contribution in [-0.2, 0) is 15.4 Å². The number of hydrogen-bond donors (Lipinski definition) is 2. The van der Waals surface area contributed by atoms with Gasteiger partial charge in [-0.05, 0) is 35.9 Å². The number of carbonyl (C=O) groups is 1. The molecule has 0 aromatic heterocycles. The van der Waals surface area contributed by atoms with E-state index in [4.69, 9.17) is 5.11 Å². The van der Waals surface area contributed by atoms with Gasteiger partial charge in [-0.3, -0.25) is 4.72 Å².